The van der Waals surface area contributed by atoms with Crippen molar-refractivity contribution < 1.29 is 17.6 Å². The van der Waals surface area contributed by atoms with Crippen molar-refractivity contribution in [3.8, 4) is 0 Å². The SMILES string of the molecule is O=C(CN(c1ccccc1)S(=O)(=O)c1ccc(F)cc1)N[C@@H]1C[C@@H]2CC[C@H]1C2. The van der Waals surface area contributed by atoms with Gasteiger partial charge in [-0.1, -0.05) is 24.6 Å². The molecule has 4 rings (SSSR count). The monoisotopic (exact) mass is 402 g/mol. The molecule has 3 atom stereocenters. The van der Waals surface area contributed by atoms with Gasteiger partial charge in [0, 0.05) is 6.04 Å². The van der Waals surface area contributed by atoms with Gasteiger partial charge in [-0.05, 0) is 67.5 Å². The molecule has 2 aromatic rings. The highest BCUT2D eigenvalue weighted by molar-refractivity contribution is 7.92. The van der Waals surface area contributed by atoms with Crippen molar-refractivity contribution in [3.63, 3.8) is 0 Å². The number of anilines is 1. The highest BCUT2D eigenvalue weighted by Gasteiger charge is 2.40. The van der Waals surface area contributed by atoms with Gasteiger partial charge in [0.05, 0.1) is 10.6 Å². The van der Waals surface area contributed by atoms with Crippen LogP contribution in [0.3, 0.4) is 0 Å². The first-order valence-electron chi connectivity index (χ1n) is 9.56. The molecule has 2 aromatic carbocycles. The van der Waals surface area contributed by atoms with Gasteiger partial charge in [0.2, 0.25) is 5.91 Å². The topological polar surface area (TPSA) is 66.5 Å². The van der Waals surface area contributed by atoms with Crippen LogP contribution in [-0.2, 0) is 14.8 Å². The summed E-state index contributed by atoms with van der Waals surface area (Å²) in [5.74, 6) is 0.364. The molecule has 0 spiro atoms. The molecule has 28 heavy (non-hydrogen) atoms. The molecule has 0 aliphatic heterocycles. The summed E-state index contributed by atoms with van der Waals surface area (Å²) < 4.78 is 40.7. The summed E-state index contributed by atoms with van der Waals surface area (Å²) >= 11 is 0. The Labute approximate surface area is 164 Å². The predicted octanol–water partition coefficient (Wildman–Crippen LogP) is 3.33. The molecular weight excluding hydrogens is 379 g/mol. The number of para-hydroxylation sites is 1. The maximum Gasteiger partial charge on any atom is 0.264 e. The van der Waals surface area contributed by atoms with E-state index in [0.717, 1.165) is 35.7 Å². The zero-order valence-corrected chi connectivity index (χ0v) is 16.2. The number of hydrogen-bond donors (Lipinski definition) is 1. The number of benzene rings is 2. The summed E-state index contributed by atoms with van der Waals surface area (Å²) in [6.07, 6.45) is 4.49. The molecule has 0 radical (unpaired) electrons. The molecule has 0 unspecified atom stereocenters. The van der Waals surface area contributed by atoms with Crippen molar-refractivity contribution in [2.24, 2.45) is 11.8 Å². The number of fused-ring (bicyclic) bond motifs is 2. The van der Waals surface area contributed by atoms with E-state index >= 15 is 0 Å². The molecule has 1 N–H and O–H groups in total. The highest BCUT2D eigenvalue weighted by Crippen LogP contribution is 2.44. The van der Waals surface area contributed by atoms with Gasteiger partial charge in [0.1, 0.15) is 12.4 Å². The lowest BCUT2D eigenvalue weighted by Gasteiger charge is -2.27. The third-order valence-electron chi connectivity index (χ3n) is 5.82. The van der Waals surface area contributed by atoms with E-state index in [1.807, 2.05) is 0 Å². The second-order valence-corrected chi connectivity index (χ2v) is 9.51. The maximum atomic E-state index is 13.2. The maximum absolute atomic E-state index is 13.2. The molecule has 0 aromatic heterocycles. The number of amides is 1. The molecule has 7 heteroatoms. The van der Waals surface area contributed by atoms with Crippen LogP contribution in [0.1, 0.15) is 25.7 Å². The van der Waals surface area contributed by atoms with Crippen molar-refractivity contribution >= 4 is 21.6 Å². The molecule has 2 bridgehead atoms. The summed E-state index contributed by atoms with van der Waals surface area (Å²) in [5.41, 5.74) is 0.398. The van der Waals surface area contributed by atoms with Gasteiger partial charge in [-0.15, -0.1) is 0 Å². The Morgan fingerprint density at radius 2 is 1.75 bits per heavy atom. The molecule has 2 aliphatic rings. The van der Waals surface area contributed by atoms with Crippen molar-refractivity contribution in [3.05, 3.63) is 60.4 Å². The number of nitrogens with one attached hydrogen (secondary N) is 1. The zero-order valence-electron chi connectivity index (χ0n) is 15.4. The standard InChI is InChI=1S/C21H23FN2O3S/c22-17-8-10-19(11-9-17)28(26,27)24(18-4-2-1-3-5-18)14-21(25)23-20-13-15-6-7-16(20)12-15/h1-5,8-11,15-16,20H,6-7,12-14H2,(H,23,25)/t15-,16+,20-/m1/s1. The van der Waals surface area contributed by atoms with Gasteiger partial charge in [-0.3, -0.25) is 9.10 Å². The predicted molar refractivity (Wildman–Crippen MR) is 105 cm³/mol. The van der Waals surface area contributed by atoms with E-state index < -0.39 is 15.8 Å². The molecule has 2 saturated carbocycles. The van der Waals surface area contributed by atoms with Crippen molar-refractivity contribution in [1.29, 1.82) is 0 Å². The Balaban J connectivity index is 1.57. The van der Waals surface area contributed by atoms with Crippen molar-refractivity contribution in [1.82, 2.24) is 5.32 Å². The van der Waals surface area contributed by atoms with E-state index in [9.17, 15) is 17.6 Å². The van der Waals surface area contributed by atoms with E-state index in [1.54, 1.807) is 30.3 Å². The fraction of sp³-hybridized carbons (Fsp3) is 0.381. The summed E-state index contributed by atoms with van der Waals surface area (Å²) in [5, 5.41) is 3.04. The van der Waals surface area contributed by atoms with Crippen LogP contribution in [0.15, 0.2) is 59.5 Å². The van der Waals surface area contributed by atoms with Crippen molar-refractivity contribution in [2.75, 3.05) is 10.8 Å². The molecule has 1 amide bonds. The molecule has 0 heterocycles. The number of hydrogen-bond acceptors (Lipinski definition) is 3. The number of halogens is 1. The Morgan fingerprint density at radius 3 is 2.36 bits per heavy atom. The molecule has 5 nitrogen and oxygen atoms in total. The third-order valence-corrected chi connectivity index (χ3v) is 7.61. The average Bonchev–Trinajstić information content (AvgIpc) is 3.30. The van der Waals surface area contributed by atoms with E-state index in [-0.39, 0.29) is 23.4 Å². The van der Waals surface area contributed by atoms with Gasteiger partial charge in [-0.2, -0.15) is 0 Å². The summed E-state index contributed by atoms with van der Waals surface area (Å²) in [6.45, 7) is -0.308. The molecular formula is C21H23FN2O3S. The first kappa shape index (κ1) is 18.9. The van der Waals surface area contributed by atoms with E-state index in [2.05, 4.69) is 5.32 Å². The molecule has 148 valence electrons. The van der Waals surface area contributed by atoms with Gasteiger partial charge in [0.15, 0.2) is 0 Å². The lowest BCUT2D eigenvalue weighted by atomic mass is 9.95. The van der Waals surface area contributed by atoms with Crippen LogP contribution in [0, 0.1) is 17.7 Å². The first-order chi connectivity index (χ1) is 13.4. The number of nitrogens with zero attached hydrogens (tertiary/aromatic N) is 1. The Morgan fingerprint density at radius 1 is 1.04 bits per heavy atom. The van der Waals surface area contributed by atoms with Gasteiger partial charge in [-0.25, -0.2) is 12.8 Å². The number of sulfonamides is 1. The number of carbonyl (C=O) groups is 1. The van der Waals surface area contributed by atoms with Crippen LogP contribution in [-0.4, -0.2) is 26.9 Å². The minimum absolute atomic E-state index is 0.0505. The van der Waals surface area contributed by atoms with Crippen LogP contribution in [0.5, 0.6) is 0 Å². The van der Waals surface area contributed by atoms with Gasteiger partial charge >= 0.3 is 0 Å². The minimum atomic E-state index is -4.00. The lowest BCUT2D eigenvalue weighted by molar-refractivity contribution is -0.120. The Hall–Kier alpha value is -2.41. The first-order valence-corrected chi connectivity index (χ1v) is 11.0. The summed E-state index contributed by atoms with van der Waals surface area (Å²) in [7, 11) is -4.00. The van der Waals surface area contributed by atoms with Gasteiger partial charge in [0.25, 0.3) is 10.0 Å². The normalized spacial score (nSPS) is 23.5. The second kappa shape index (κ2) is 7.54. The third kappa shape index (κ3) is 3.76. The van der Waals surface area contributed by atoms with Crippen LogP contribution < -0.4 is 9.62 Å². The quantitative estimate of drug-likeness (QED) is 0.806. The van der Waals surface area contributed by atoms with Crippen LogP contribution in [0.25, 0.3) is 0 Å². The fourth-order valence-corrected chi connectivity index (χ4v) is 5.87. The van der Waals surface area contributed by atoms with Crippen LogP contribution in [0.4, 0.5) is 10.1 Å². The Kier molecular flexibility index (Phi) is 5.10. The van der Waals surface area contributed by atoms with Crippen molar-refractivity contribution in [2.45, 2.75) is 36.6 Å². The fourth-order valence-electron chi connectivity index (χ4n) is 4.45. The van der Waals surface area contributed by atoms with E-state index in [1.165, 1.54) is 18.6 Å². The second-order valence-electron chi connectivity index (χ2n) is 7.65. The summed E-state index contributed by atoms with van der Waals surface area (Å²) in [6, 6.07) is 13.3. The molecule has 2 fully saturated rings. The average molecular weight is 402 g/mol. The molecule has 2 aliphatic carbocycles. The van der Waals surface area contributed by atoms with E-state index in [0.29, 0.717) is 17.5 Å². The minimum Gasteiger partial charge on any atom is -0.352 e. The number of carbonyl (C=O) groups excluding carboxylic acids is 1. The van der Waals surface area contributed by atoms with Crippen LogP contribution >= 0.6 is 0 Å². The largest absolute Gasteiger partial charge is 0.352 e. The number of rotatable bonds is 6. The smallest absolute Gasteiger partial charge is 0.264 e. The molecule has 0 saturated heterocycles. The highest BCUT2D eigenvalue weighted by atomic mass is 32.2. The Bertz CT molecular complexity index is 947. The summed E-state index contributed by atoms with van der Waals surface area (Å²) in [4.78, 5) is 12.7. The van der Waals surface area contributed by atoms with Gasteiger partial charge < -0.3 is 5.32 Å². The van der Waals surface area contributed by atoms with Crippen LogP contribution in [0.2, 0.25) is 0 Å². The van der Waals surface area contributed by atoms with E-state index in [4.69, 9.17) is 0 Å². The zero-order chi connectivity index (χ0) is 19.7. The lowest BCUT2D eigenvalue weighted by Crippen LogP contribution is -2.45.